The summed E-state index contributed by atoms with van der Waals surface area (Å²) in [5.41, 5.74) is 0. The molecule has 0 aliphatic carbocycles. The smallest absolute Gasteiger partial charge is 0.402 e. The van der Waals surface area contributed by atoms with E-state index in [2.05, 4.69) is 0 Å². The van der Waals surface area contributed by atoms with Crippen molar-refractivity contribution in [3.05, 3.63) is 0 Å². The van der Waals surface area contributed by atoms with Crippen LogP contribution in [0.5, 0.6) is 0 Å². The summed E-state index contributed by atoms with van der Waals surface area (Å²) in [5, 5.41) is 21.5. The number of rotatable bonds is 0. The van der Waals surface area contributed by atoms with Crippen molar-refractivity contribution in [1.82, 2.24) is 6.15 Å². The standard InChI is InChI=1S/BH3O3.N/c2-1(3)4;/h2-4H;. The highest BCUT2D eigenvalue weighted by atomic mass is 16.5. The number of nitrogens with zero attached hydrogens (tertiary/aromatic N) is 1. The molecule has 0 rings (SSSR count). The van der Waals surface area contributed by atoms with Crippen LogP contribution in [0.4, 0.5) is 0 Å². The van der Waals surface area contributed by atoms with E-state index in [0.717, 1.165) is 0 Å². The zero-order chi connectivity index (χ0) is 3.58. The van der Waals surface area contributed by atoms with Crippen molar-refractivity contribution in [2.75, 3.05) is 0 Å². The van der Waals surface area contributed by atoms with Crippen LogP contribution in [0.3, 0.4) is 0 Å². The third kappa shape index (κ3) is 1570. The van der Waals surface area contributed by atoms with E-state index in [0.29, 0.717) is 0 Å². The first kappa shape index (κ1) is 8.86. The maximum Gasteiger partial charge on any atom is 0.631 e. The van der Waals surface area contributed by atoms with E-state index in [4.69, 9.17) is 15.1 Å². The van der Waals surface area contributed by atoms with Gasteiger partial charge in [-0.3, -0.25) is 0 Å². The predicted molar refractivity (Wildman–Crippen MR) is 14.5 cm³/mol. The lowest BCUT2D eigenvalue weighted by atomic mass is 10.3. The van der Waals surface area contributed by atoms with Crippen molar-refractivity contribution in [1.29, 1.82) is 0 Å². The first-order valence-corrected chi connectivity index (χ1v) is 0.775. The van der Waals surface area contributed by atoms with Crippen molar-refractivity contribution in [3.63, 3.8) is 0 Å². The second-order valence-electron chi connectivity index (χ2n) is 0.346. The minimum atomic E-state index is -2.17. The quantitative estimate of drug-likeness (QED) is 0.278. The molecule has 5 heteroatoms. The summed E-state index contributed by atoms with van der Waals surface area (Å²) in [6, 6.07) is 0. The molecule has 0 aromatic carbocycles. The Morgan fingerprint density at radius 3 is 1.00 bits per heavy atom. The third-order valence-corrected chi connectivity index (χ3v) is 0. The van der Waals surface area contributed by atoms with E-state index in [1.165, 1.54) is 0 Å². The van der Waals surface area contributed by atoms with Crippen molar-refractivity contribution >= 4 is 7.32 Å². The fourth-order valence-electron chi connectivity index (χ4n) is 0. The van der Waals surface area contributed by atoms with Gasteiger partial charge in [0.2, 0.25) is 0 Å². The van der Waals surface area contributed by atoms with Crippen LogP contribution in [0.1, 0.15) is 0 Å². The monoisotopic (exact) mass is 76.0 g/mol. The minimum absolute atomic E-state index is 0. The highest BCUT2D eigenvalue weighted by Gasteiger charge is 1.92. The summed E-state index contributed by atoms with van der Waals surface area (Å²) in [6.45, 7) is 0. The molecule has 0 aromatic heterocycles. The van der Waals surface area contributed by atoms with Crippen LogP contribution in [0, 0.1) is 0 Å². The molecule has 0 fully saturated rings. The Labute approximate surface area is 29.8 Å². The Balaban J connectivity index is 0. The summed E-state index contributed by atoms with van der Waals surface area (Å²) in [7, 11) is -2.17. The Hall–Kier alpha value is -0.0951. The normalized spacial score (nSPS) is 5.40. The van der Waals surface area contributed by atoms with E-state index in [1.54, 1.807) is 0 Å². The molecule has 0 aliphatic rings. The molecule has 0 spiro atoms. The topological polar surface area (TPSA) is 91.2 Å². The fourth-order valence-corrected chi connectivity index (χ4v) is 0. The molecular formula is H3BNO3. The second kappa shape index (κ2) is 3.90. The van der Waals surface area contributed by atoms with E-state index >= 15 is 0 Å². The van der Waals surface area contributed by atoms with Gasteiger partial charge in [-0.25, -0.2) is 0 Å². The second-order valence-corrected chi connectivity index (χ2v) is 0.346. The van der Waals surface area contributed by atoms with Crippen LogP contribution in [0.15, 0.2) is 0 Å². The van der Waals surface area contributed by atoms with Crippen molar-refractivity contribution in [2.24, 2.45) is 0 Å². The van der Waals surface area contributed by atoms with Crippen LogP contribution < -0.4 is 6.15 Å². The molecule has 0 amide bonds. The van der Waals surface area contributed by atoms with E-state index < -0.39 is 7.32 Å². The third-order valence-electron chi connectivity index (χ3n) is 0. The molecular weight excluding hydrogens is 72.8 g/mol. The van der Waals surface area contributed by atoms with Gasteiger partial charge < -0.3 is 15.1 Å². The van der Waals surface area contributed by atoms with Crippen molar-refractivity contribution < 1.29 is 15.1 Å². The summed E-state index contributed by atoms with van der Waals surface area (Å²) >= 11 is 0. The van der Waals surface area contributed by atoms with Crippen LogP contribution >= 0.6 is 0 Å². The molecule has 29 valence electrons. The van der Waals surface area contributed by atoms with Crippen LogP contribution in [-0.2, 0) is 0 Å². The van der Waals surface area contributed by atoms with E-state index in [1.807, 2.05) is 0 Å². The molecule has 0 atom stereocenters. The van der Waals surface area contributed by atoms with Gasteiger partial charge >= 0.3 is 7.32 Å². The summed E-state index contributed by atoms with van der Waals surface area (Å²) < 4.78 is 0. The molecule has 4 nitrogen and oxygen atoms in total. The van der Waals surface area contributed by atoms with Gasteiger partial charge in [0.05, 0.1) is 0 Å². The SMILES string of the molecule is OB(O)O.[N]. The van der Waals surface area contributed by atoms with E-state index in [-0.39, 0.29) is 6.15 Å². The molecule has 3 N–H and O–H groups in total. The lowest BCUT2D eigenvalue weighted by molar-refractivity contribution is 0.278. The molecule has 3 radical (unpaired) electrons. The summed E-state index contributed by atoms with van der Waals surface area (Å²) in [6.07, 6.45) is 0. The zero-order valence-electron chi connectivity index (χ0n) is 2.37. The van der Waals surface area contributed by atoms with Gasteiger partial charge in [-0.05, 0) is 0 Å². The maximum absolute atomic E-state index is 7.17. The molecule has 0 heterocycles. The van der Waals surface area contributed by atoms with Crippen molar-refractivity contribution in [3.8, 4) is 0 Å². The first-order chi connectivity index (χ1) is 1.73. The molecule has 0 aliphatic heterocycles. The Morgan fingerprint density at radius 1 is 1.00 bits per heavy atom. The lowest BCUT2D eigenvalue weighted by Gasteiger charge is -1.69. The fraction of sp³-hybridized carbons (Fsp3) is 0. The highest BCUT2D eigenvalue weighted by Crippen LogP contribution is 1.40. The van der Waals surface area contributed by atoms with Crippen LogP contribution in [0.25, 0.3) is 0 Å². The van der Waals surface area contributed by atoms with Gasteiger partial charge in [0.25, 0.3) is 0 Å². The highest BCUT2D eigenvalue weighted by molar-refractivity contribution is 6.30. The van der Waals surface area contributed by atoms with Gasteiger partial charge in [0, 0.05) is 6.15 Å². The maximum atomic E-state index is 7.17. The van der Waals surface area contributed by atoms with Gasteiger partial charge in [0.15, 0.2) is 0 Å². The molecule has 0 unspecified atom stereocenters. The molecule has 5 heavy (non-hydrogen) atoms. The number of hydrogen-bond acceptors (Lipinski definition) is 3. The molecule has 0 aromatic rings. The average Bonchev–Trinajstić information content (AvgIpc) is 0.811. The molecule has 0 saturated heterocycles. The van der Waals surface area contributed by atoms with Crippen LogP contribution in [-0.4, -0.2) is 22.4 Å². The average molecular weight is 75.8 g/mol. The lowest BCUT2D eigenvalue weighted by Crippen LogP contribution is -2.07. The van der Waals surface area contributed by atoms with Crippen LogP contribution in [0.2, 0.25) is 0 Å². The Kier molecular flexibility index (Phi) is 6.92. The Bertz CT molecular complexity index is 11.6. The first-order valence-electron chi connectivity index (χ1n) is 0.775. The minimum Gasteiger partial charge on any atom is -0.402 e. The van der Waals surface area contributed by atoms with Gasteiger partial charge in [0.1, 0.15) is 0 Å². The summed E-state index contributed by atoms with van der Waals surface area (Å²) in [4.78, 5) is 0. The van der Waals surface area contributed by atoms with Gasteiger partial charge in [-0.2, -0.15) is 0 Å². The molecule has 0 bridgehead atoms. The number of hydrogen-bond donors (Lipinski definition) is 3. The largest absolute Gasteiger partial charge is 0.631 e. The zero-order valence-corrected chi connectivity index (χ0v) is 2.37. The summed E-state index contributed by atoms with van der Waals surface area (Å²) in [5.74, 6) is 0. The Morgan fingerprint density at radius 2 is 1.00 bits per heavy atom. The van der Waals surface area contributed by atoms with Gasteiger partial charge in [-0.15, -0.1) is 0 Å². The van der Waals surface area contributed by atoms with E-state index in [9.17, 15) is 0 Å². The molecule has 0 saturated carbocycles. The van der Waals surface area contributed by atoms with Crippen molar-refractivity contribution in [2.45, 2.75) is 0 Å². The van der Waals surface area contributed by atoms with Gasteiger partial charge in [-0.1, -0.05) is 0 Å². The predicted octanol–water partition coefficient (Wildman–Crippen LogP) is -2.53.